The Hall–Kier alpha value is -3.45. The van der Waals surface area contributed by atoms with Crippen molar-refractivity contribution in [3.8, 4) is 0 Å². The first-order chi connectivity index (χ1) is 14.0. The predicted molar refractivity (Wildman–Crippen MR) is 108 cm³/mol. The first-order valence-electron chi connectivity index (χ1n) is 8.66. The van der Waals surface area contributed by atoms with Crippen LogP contribution in [0, 0.1) is 5.82 Å². The summed E-state index contributed by atoms with van der Waals surface area (Å²) in [5.41, 5.74) is 2.06. The average Bonchev–Trinajstić information content (AvgIpc) is 3.15. The maximum atomic E-state index is 13.0. The third-order valence-electron chi connectivity index (χ3n) is 3.80. The largest absolute Gasteiger partial charge is 0.452 e. The number of halogens is 2. The van der Waals surface area contributed by atoms with Crippen molar-refractivity contribution in [3.63, 3.8) is 0 Å². The highest BCUT2D eigenvalue weighted by molar-refractivity contribution is 6.33. The van der Waals surface area contributed by atoms with Crippen molar-refractivity contribution >= 4 is 35.2 Å². The zero-order chi connectivity index (χ0) is 20.6. The maximum Gasteiger partial charge on any atom is 0.331 e. The van der Waals surface area contributed by atoms with Crippen LogP contribution >= 0.6 is 11.6 Å². The van der Waals surface area contributed by atoms with Crippen LogP contribution in [0.2, 0.25) is 5.02 Å². The number of nitrogens with zero attached hydrogens (tertiary/aromatic N) is 2. The molecule has 0 fully saturated rings. The minimum absolute atomic E-state index is 0.0529. The molecule has 1 heterocycles. The number of ether oxygens (including phenoxy) is 1. The van der Waals surface area contributed by atoms with Gasteiger partial charge in [-0.05, 0) is 29.8 Å². The SMILES string of the molecule is O=C(COC(=O)/C=C/c1cnn(Cc2ccccc2)c1)Nc1ccc(F)cc1Cl. The molecule has 0 aliphatic rings. The molecule has 0 radical (unpaired) electrons. The Morgan fingerprint density at radius 1 is 1.21 bits per heavy atom. The number of hydrogen-bond donors (Lipinski definition) is 1. The van der Waals surface area contributed by atoms with Gasteiger partial charge in [0, 0.05) is 17.8 Å². The van der Waals surface area contributed by atoms with E-state index in [1.165, 1.54) is 12.1 Å². The van der Waals surface area contributed by atoms with Gasteiger partial charge in [-0.25, -0.2) is 9.18 Å². The van der Waals surface area contributed by atoms with E-state index in [1.54, 1.807) is 23.2 Å². The molecule has 0 saturated carbocycles. The number of carbonyl (C=O) groups is 2. The maximum absolute atomic E-state index is 13.0. The molecule has 6 nitrogen and oxygen atoms in total. The fourth-order valence-corrected chi connectivity index (χ4v) is 2.66. The summed E-state index contributed by atoms with van der Waals surface area (Å²) in [4.78, 5) is 23.6. The van der Waals surface area contributed by atoms with Crippen LogP contribution in [-0.2, 0) is 20.9 Å². The van der Waals surface area contributed by atoms with Crippen LogP contribution in [0.25, 0.3) is 6.08 Å². The smallest absolute Gasteiger partial charge is 0.331 e. The van der Waals surface area contributed by atoms with E-state index in [2.05, 4.69) is 10.4 Å². The normalized spacial score (nSPS) is 10.8. The van der Waals surface area contributed by atoms with E-state index in [9.17, 15) is 14.0 Å². The number of amides is 1. The highest BCUT2D eigenvalue weighted by Gasteiger charge is 2.09. The first-order valence-corrected chi connectivity index (χ1v) is 9.03. The molecule has 29 heavy (non-hydrogen) atoms. The van der Waals surface area contributed by atoms with Gasteiger partial charge < -0.3 is 10.1 Å². The Balaban J connectivity index is 1.46. The minimum atomic E-state index is -0.679. The van der Waals surface area contributed by atoms with Crippen molar-refractivity contribution in [2.45, 2.75) is 6.54 Å². The second-order valence-electron chi connectivity index (χ2n) is 6.07. The van der Waals surface area contributed by atoms with Crippen molar-refractivity contribution in [1.29, 1.82) is 0 Å². The number of anilines is 1. The second kappa shape index (κ2) is 9.66. The molecule has 0 spiro atoms. The van der Waals surface area contributed by atoms with Gasteiger partial charge in [0.1, 0.15) is 5.82 Å². The van der Waals surface area contributed by atoms with Crippen LogP contribution < -0.4 is 5.32 Å². The molecule has 3 aromatic rings. The Bertz CT molecular complexity index is 1030. The number of rotatable bonds is 7. The first kappa shape index (κ1) is 20.3. The fourth-order valence-electron chi connectivity index (χ4n) is 2.45. The molecule has 3 rings (SSSR count). The van der Waals surface area contributed by atoms with Gasteiger partial charge in [-0.3, -0.25) is 9.48 Å². The summed E-state index contributed by atoms with van der Waals surface area (Å²) in [7, 11) is 0. The number of nitrogens with one attached hydrogen (secondary N) is 1. The van der Waals surface area contributed by atoms with Crippen molar-refractivity contribution in [1.82, 2.24) is 9.78 Å². The van der Waals surface area contributed by atoms with Crippen molar-refractivity contribution in [2.75, 3.05) is 11.9 Å². The molecular weight excluding hydrogens is 397 g/mol. The standard InChI is InChI=1S/C21H17ClFN3O3/c22-18-10-17(23)7-8-19(18)25-20(27)14-29-21(28)9-6-16-11-24-26(13-16)12-15-4-2-1-3-5-15/h1-11,13H,12,14H2,(H,25,27)/b9-6+. The molecule has 0 bridgehead atoms. The van der Waals surface area contributed by atoms with Crippen molar-refractivity contribution in [2.24, 2.45) is 0 Å². The van der Waals surface area contributed by atoms with Gasteiger partial charge in [0.25, 0.3) is 5.91 Å². The molecule has 0 unspecified atom stereocenters. The van der Waals surface area contributed by atoms with Gasteiger partial charge in [0.15, 0.2) is 6.61 Å². The lowest BCUT2D eigenvalue weighted by Crippen LogP contribution is -2.20. The van der Waals surface area contributed by atoms with Crippen molar-refractivity contribution < 1.29 is 18.7 Å². The van der Waals surface area contributed by atoms with E-state index < -0.39 is 24.3 Å². The van der Waals surface area contributed by atoms with E-state index in [0.29, 0.717) is 6.54 Å². The van der Waals surface area contributed by atoms with E-state index in [4.69, 9.17) is 16.3 Å². The Kier molecular flexibility index (Phi) is 6.76. The molecular formula is C21H17ClFN3O3. The van der Waals surface area contributed by atoms with Crippen LogP contribution in [0.3, 0.4) is 0 Å². The highest BCUT2D eigenvalue weighted by Crippen LogP contribution is 2.22. The van der Waals surface area contributed by atoms with E-state index in [-0.39, 0.29) is 10.7 Å². The topological polar surface area (TPSA) is 73.2 Å². The molecule has 1 amide bonds. The predicted octanol–water partition coefficient (Wildman–Crippen LogP) is 3.92. The number of hydrogen-bond acceptors (Lipinski definition) is 4. The second-order valence-corrected chi connectivity index (χ2v) is 6.48. The summed E-state index contributed by atoms with van der Waals surface area (Å²) in [5, 5.41) is 6.73. The van der Waals surface area contributed by atoms with E-state index in [0.717, 1.165) is 23.3 Å². The molecule has 8 heteroatoms. The lowest BCUT2D eigenvalue weighted by molar-refractivity contribution is -0.142. The summed E-state index contributed by atoms with van der Waals surface area (Å²) in [6.45, 7) is 0.120. The van der Waals surface area contributed by atoms with Crippen LogP contribution in [0.5, 0.6) is 0 Å². The van der Waals surface area contributed by atoms with Gasteiger partial charge >= 0.3 is 5.97 Å². The van der Waals surface area contributed by atoms with Gasteiger partial charge in [0.2, 0.25) is 0 Å². The Labute approximate surface area is 171 Å². The van der Waals surface area contributed by atoms with E-state index in [1.807, 2.05) is 30.3 Å². The summed E-state index contributed by atoms with van der Waals surface area (Å²) < 4.78 is 19.6. The Morgan fingerprint density at radius 3 is 2.76 bits per heavy atom. The summed E-state index contributed by atoms with van der Waals surface area (Å²) >= 11 is 5.83. The van der Waals surface area contributed by atoms with E-state index >= 15 is 0 Å². The molecule has 1 N–H and O–H groups in total. The Morgan fingerprint density at radius 2 is 2.00 bits per heavy atom. The molecule has 2 aromatic carbocycles. The molecule has 0 saturated heterocycles. The number of benzene rings is 2. The average molecular weight is 414 g/mol. The molecule has 1 aromatic heterocycles. The third kappa shape index (κ3) is 6.29. The van der Waals surface area contributed by atoms with Crippen LogP contribution in [0.1, 0.15) is 11.1 Å². The van der Waals surface area contributed by atoms with Crippen molar-refractivity contribution in [3.05, 3.63) is 89.0 Å². The lowest BCUT2D eigenvalue weighted by Gasteiger charge is -2.07. The third-order valence-corrected chi connectivity index (χ3v) is 4.12. The summed E-state index contributed by atoms with van der Waals surface area (Å²) in [5.74, 6) is -1.78. The van der Waals surface area contributed by atoms with Crippen LogP contribution in [0.15, 0.2) is 67.0 Å². The highest BCUT2D eigenvalue weighted by atomic mass is 35.5. The van der Waals surface area contributed by atoms with Gasteiger partial charge in [-0.2, -0.15) is 5.10 Å². The molecule has 0 aliphatic carbocycles. The minimum Gasteiger partial charge on any atom is -0.452 e. The summed E-state index contributed by atoms with van der Waals surface area (Å²) in [6, 6.07) is 13.4. The molecule has 0 atom stereocenters. The monoisotopic (exact) mass is 413 g/mol. The zero-order valence-corrected chi connectivity index (χ0v) is 16.0. The fraction of sp³-hybridized carbons (Fsp3) is 0.0952. The number of carbonyl (C=O) groups excluding carboxylic acids is 2. The molecule has 0 aliphatic heterocycles. The zero-order valence-electron chi connectivity index (χ0n) is 15.2. The van der Waals surface area contributed by atoms with Gasteiger partial charge in [0.05, 0.1) is 23.5 Å². The summed E-state index contributed by atoms with van der Waals surface area (Å²) in [6.07, 6.45) is 6.17. The van der Waals surface area contributed by atoms with Crippen LogP contribution in [-0.4, -0.2) is 28.3 Å². The number of aromatic nitrogens is 2. The van der Waals surface area contributed by atoms with Crippen LogP contribution in [0.4, 0.5) is 10.1 Å². The quantitative estimate of drug-likeness (QED) is 0.470. The lowest BCUT2D eigenvalue weighted by atomic mass is 10.2. The molecule has 148 valence electrons. The number of esters is 1. The van der Waals surface area contributed by atoms with Gasteiger partial charge in [-0.15, -0.1) is 0 Å². The van der Waals surface area contributed by atoms with Gasteiger partial charge in [-0.1, -0.05) is 41.9 Å².